The van der Waals surface area contributed by atoms with Gasteiger partial charge in [0.15, 0.2) is 5.78 Å². The smallest absolute Gasteiger partial charge is 0.289 e. The summed E-state index contributed by atoms with van der Waals surface area (Å²) in [6, 6.07) is 5.11. The van der Waals surface area contributed by atoms with Crippen LogP contribution in [0.25, 0.3) is 0 Å². The molecular weight excluding hydrogens is 346 g/mol. The summed E-state index contributed by atoms with van der Waals surface area (Å²) < 4.78 is 5.89. The number of Topliss-reactive ketones (excluding diaryl/α,β-unsaturated/α-hetero) is 1. The van der Waals surface area contributed by atoms with Crippen LogP contribution in [-0.4, -0.2) is 41.2 Å². The number of methoxy groups -OCH3 is 1. The third-order valence-corrected chi connectivity index (χ3v) is 4.44. The number of ketones is 1. The van der Waals surface area contributed by atoms with Crippen LogP contribution >= 0.6 is 27.7 Å². The number of hydrogen-bond acceptors (Lipinski definition) is 5. The lowest BCUT2D eigenvalue weighted by Crippen LogP contribution is -2.34. The minimum absolute atomic E-state index is 0.112. The van der Waals surface area contributed by atoms with E-state index in [9.17, 15) is 14.4 Å². The molecule has 0 aromatic heterocycles. The molecule has 0 spiro atoms. The first kappa shape index (κ1) is 15.2. The number of amides is 2. The van der Waals surface area contributed by atoms with Crippen LogP contribution in [0.4, 0.5) is 4.79 Å². The zero-order valence-corrected chi connectivity index (χ0v) is 13.1. The zero-order valence-electron chi connectivity index (χ0n) is 10.7. The van der Waals surface area contributed by atoms with Crippen molar-refractivity contribution >= 4 is 44.6 Å². The van der Waals surface area contributed by atoms with Crippen LogP contribution in [0.1, 0.15) is 15.9 Å². The van der Waals surface area contributed by atoms with Crippen molar-refractivity contribution in [2.45, 2.75) is 6.61 Å². The molecule has 0 N–H and O–H groups in total. The molecule has 1 aromatic rings. The van der Waals surface area contributed by atoms with Crippen molar-refractivity contribution in [1.29, 1.82) is 0 Å². The summed E-state index contributed by atoms with van der Waals surface area (Å²) >= 11 is 4.30. The Morgan fingerprint density at radius 2 is 2.20 bits per heavy atom. The number of rotatable bonds is 5. The molecular formula is C13H12BrNO4S. The van der Waals surface area contributed by atoms with E-state index in [1.54, 1.807) is 25.3 Å². The van der Waals surface area contributed by atoms with E-state index >= 15 is 0 Å². The number of carbonyl (C=O) groups excluding carboxylic acids is 3. The predicted molar refractivity (Wildman–Crippen MR) is 78.8 cm³/mol. The van der Waals surface area contributed by atoms with Crippen molar-refractivity contribution in [3.63, 3.8) is 0 Å². The highest BCUT2D eigenvalue weighted by Gasteiger charge is 2.31. The van der Waals surface area contributed by atoms with Crippen LogP contribution in [0.3, 0.4) is 0 Å². The first-order chi connectivity index (χ1) is 9.52. The Bertz CT molecular complexity index is 559. The number of nitrogens with zero attached hydrogens (tertiary/aromatic N) is 1. The molecule has 20 heavy (non-hydrogen) atoms. The maximum Gasteiger partial charge on any atom is 0.289 e. The summed E-state index contributed by atoms with van der Waals surface area (Å²) in [4.78, 5) is 36.1. The maximum atomic E-state index is 12.1. The van der Waals surface area contributed by atoms with Crippen molar-refractivity contribution in [2.75, 3.05) is 19.4 Å². The Morgan fingerprint density at radius 1 is 1.45 bits per heavy atom. The molecule has 1 aromatic carbocycles. The first-order valence-corrected chi connectivity index (χ1v) is 7.58. The quantitative estimate of drug-likeness (QED) is 0.757. The topological polar surface area (TPSA) is 63.7 Å². The summed E-state index contributed by atoms with van der Waals surface area (Å²) in [5.74, 6) is -0.469. The molecule has 2 amide bonds. The predicted octanol–water partition coefficient (Wildman–Crippen LogP) is 2.47. The van der Waals surface area contributed by atoms with E-state index in [-0.39, 0.29) is 29.2 Å². The fraction of sp³-hybridized carbons (Fsp3) is 0.308. The largest absolute Gasteiger partial charge is 0.380 e. The summed E-state index contributed by atoms with van der Waals surface area (Å²) in [6.45, 7) is 0.165. The molecule has 1 fully saturated rings. The Balaban J connectivity index is 2.15. The molecule has 0 saturated carbocycles. The number of carbonyl (C=O) groups is 3. The molecule has 1 heterocycles. The standard InChI is InChI=1S/C13H12BrNO4S/c1-19-6-9-4-8(2-3-10(9)14)11(16)5-15-12(17)7-20-13(15)18/h2-4H,5-7H2,1H3. The Morgan fingerprint density at radius 3 is 2.80 bits per heavy atom. The van der Waals surface area contributed by atoms with Crippen LogP contribution < -0.4 is 0 Å². The number of halogens is 1. The lowest BCUT2D eigenvalue weighted by Gasteiger charge is -2.12. The lowest BCUT2D eigenvalue weighted by molar-refractivity contribution is -0.124. The summed E-state index contributed by atoms with van der Waals surface area (Å²) in [5.41, 5.74) is 1.30. The molecule has 0 aliphatic carbocycles. The molecule has 1 aliphatic rings. The minimum Gasteiger partial charge on any atom is -0.380 e. The monoisotopic (exact) mass is 357 g/mol. The number of benzene rings is 1. The minimum atomic E-state index is -0.363. The number of hydrogen-bond donors (Lipinski definition) is 0. The van der Waals surface area contributed by atoms with Crippen molar-refractivity contribution in [2.24, 2.45) is 0 Å². The van der Waals surface area contributed by atoms with Gasteiger partial charge in [-0.2, -0.15) is 0 Å². The van der Waals surface area contributed by atoms with Crippen LogP contribution in [0, 0.1) is 0 Å². The zero-order chi connectivity index (χ0) is 14.7. The SMILES string of the molecule is COCc1cc(C(=O)CN2C(=O)CSC2=O)ccc1Br. The molecule has 0 atom stereocenters. The lowest BCUT2D eigenvalue weighted by atomic mass is 10.1. The molecule has 7 heteroatoms. The summed E-state index contributed by atoms with van der Waals surface area (Å²) in [5, 5.41) is -0.363. The molecule has 5 nitrogen and oxygen atoms in total. The number of imide groups is 1. The fourth-order valence-corrected chi connectivity index (χ4v) is 2.87. The number of ether oxygens (including phenoxy) is 1. The van der Waals surface area contributed by atoms with E-state index in [0.29, 0.717) is 12.2 Å². The van der Waals surface area contributed by atoms with Crippen molar-refractivity contribution in [3.8, 4) is 0 Å². The van der Waals surface area contributed by atoms with Gasteiger partial charge in [0.1, 0.15) is 0 Å². The normalized spacial score (nSPS) is 15.0. The Kier molecular flexibility index (Phi) is 4.95. The highest BCUT2D eigenvalue weighted by atomic mass is 79.9. The Labute approximate surface area is 128 Å². The summed E-state index contributed by atoms with van der Waals surface area (Å²) in [7, 11) is 1.57. The second kappa shape index (κ2) is 6.51. The van der Waals surface area contributed by atoms with Gasteiger partial charge in [0.25, 0.3) is 5.24 Å². The van der Waals surface area contributed by atoms with E-state index < -0.39 is 0 Å². The van der Waals surface area contributed by atoms with Crippen LogP contribution in [-0.2, 0) is 16.1 Å². The van der Waals surface area contributed by atoms with Crippen LogP contribution in [0.2, 0.25) is 0 Å². The third-order valence-electron chi connectivity index (χ3n) is 2.81. The van der Waals surface area contributed by atoms with Crippen molar-refractivity contribution in [1.82, 2.24) is 4.90 Å². The maximum absolute atomic E-state index is 12.1. The molecule has 0 bridgehead atoms. The van der Waals surface area contributed by atoms with Gasteiger partial charge in [-0.3, -0.25) is 19.3 Å². The molecule has 0 radical (unpaired) electrons. The first-order valence-electron chi connectivity index (χ1n) is 5.80. The second-order valence-corrected chi connectivity index (χ2v) is 5.98. The van der Waals surface area contributed by atoms with Gasteiger partial charge in [0, 0.05) is 17.1 Å². The van der Waals surface area contributed by atoms with Crippen LogP contribution in [0.5, 0.6) is 0 Å². The molecule has 1 aliphatic heterocycles. The van der Waals surface area contributed by atoms with Gasteiger partial charge in [-0.15, -0.1) is 0 Å². The average molecular weight is 358 g/mol. The Hall–Kier alpha value is -1.18. The van der Waals surface area contributed by atoms with Gasteiger partial charge >= 0.3 is 0 Å². The molecule has 1 saturated heterocycles. The van der Waals surface area contributed by atoms with E-state index in [1.807, 2.05) is 0 Å². The molecule has 0 unspecified atom stereocenters. The summed E-state index contributed by atoms with van der Waals surface area (Å²) in [6.07, 6.45) is 0. The third kappa shape index (κ3) is 3.28. The van der Waals surface area contributed by atoms with Gasteiger partial charge in [-0.05, 0) is 17.7 Å². The number of thioether (sulfide) groups is 1. The molecule has 106 valence electrons. The van der Waals surface area contributed by atoms with Gasteiger partial charge in [0.05, 0.1) is 18.9 Å². The van der Waals surface area contributed by atoms with E-state index in [1.165, 1.54) is 0 Å². The highest BCUT2D eigenvalue weighted by molar-refractivity contribution is 9.10. The van der Waals surface area contributed by atoms with Gasteiger partial charge in [0.2, 0.25) is 5.91 Å². The fourth-order valence-electron chi connectivity index (χ4n) is 1.78. The highest BCUT2D eigenvalue weighted by Crippen LogP contribution is 2.22. The molecule has 2 rings (SSSR count). The van der Waals surface area contributed by atoms with E-state index in [4.69, 9.17) is 4.74 Å². The van der Waals surface area contributed by atoms with Gasteiger partial charge in [-0.1, -0.05) is 33.8 Å². The van der Waals surface area contributed by atoms with Gasteiger partial charge in [-0.25, -0.2) is 0 Å². The average Bonchev–Trinajstić information content (AvgIpc) is 2.73. The van der Waals surface area contributed by atoms with Gasteiger partial charge < -0.3 is 4.74 Å². The van der Waals surface area contributed by atoms with Crippen LogP contribution in [0.15, 0.2) is 22.7 Å². The van der Waals surface area contributed by atoms with Crippen molar-refractivity contribution < 1.29 is 19.1 Å². The second-order valence-electron chi connectivity index (χ2n) is 4.20. The van der Waals surface area contributed by atoms with Crippen molar-refractivity contribution in [3.05, 3.63) is 33.8 Å². The van der Waals surface area contributed by atoms with E-state index in [0.717, 1.165) is 26.7 Å². The van der Waals surface area contributed by atoms with E-state index in [2.05, 4.69) is 15.9 Å².